The van der Waals surface area contributed by atoms with Gasteiger partial charge < -0.3 is 69.2 Å². The first-order valence-corrected chi connectivity index (χ1v) is 25.4. The third kappa shape index (κ3) is 28.1. The summed E-state index contributed by atoms with van der Waals surface area (Å²) in [5, 5.41) is 14.0. The molecule has 5 amide bonds. The Balaban J connectivity index is 2.14. The molecule has 0 aromatic heterocycles. The maximum absolute atomic E-state index is 13.5. The maximum Gasteiger partial charge on any atom is 0.306 e. The minimum atomic E-state index is -1.33. The summed E-state index contributed by atoms with van der Waals surface area (Å²) in [4.78, 5) is 112. The summed E-state index contributed by atoms with van der Waals surface area (Å²) in [6, 6.07) is 8.06. The minimum Gasteiger partial charge on any atom is -0.463 e. The summed E-state index contributed by atoms with van der Waals surface area (Å²) in [6.07, 6.45) is -4.30. The molecule has 75 heavy (non-hydrogen) atoms. The van der Waals surface area contributed by atoms with Crippen molar-refractivity contribution in [3.63, 3.8) is 0 Å². The smallest absolute Gasteiger partial charge is 0.306 e. The molecule has 1 heterocycles. The van der Waals surface area contributed by atoms with Crippen molar-refractivity contribution in [1.82, 2.24) is 26.6 Å². The molecule has 1 aliphatic rings. The molecule has 0 saturated carbocycles. The molecule has 5 N–H and O–H groups in total. The lowest BCUT2D eigenvalue weighted by Gasteiger charge is -2.45. The molecule has 23 heteroatoms. The first kappa shape index (κ1) is 65.4. The molecule has 0 bridgehead atoms. The van der Waals surface area contributed by atoms with Gasteiger partial charge >= 0.3 is 23.9 Å². The van der Waals surface area contributed by atoms with Crippen LogP contribution in [-0.2, 0) is 92.4 Å². The fourth-order valence-corrected chi connectivity index (χ4v) is 8.24. The Morgan fingerprint density at radius 2 is 1.13 bits per heavy atom. The Morgan fingerprint density at radius 3 is 1.64 bits per heavy atom. The largest absolute Gasteiger partial charge is 0.463 e. The van der Waals surface area contributed by atoms with Crippen molar-refractivity contribution >= 4 is 53.4 Å². The van der Waals surface area contributed by atoms with Crippen molar-refractivity contribution < 1.29 is 85.8 Å². The van der Waals surface area contributed by atoms with E-state index in [1.165, 1.54) is 13.8 Å². The predicted molar refractivity (Wildman–Crippen MR) is 270 cm³/mol. The Kier molecular flexibility index (Phi) is 29.7. The SMILES string of the molecule is CCNC(=O)CCOCC(COCCC(=O)NCC)(COCCC(=O)NCC(C)(C)CC(C)(C)COC1OC(COC(C)=O)C(OC(C)=O)C(OC(C)=O)C1NC(C)=O)NC(=O)CCCC(=O)OCc1ccccc1. The van der Waals surface area contributed by atoms with Gasteiger partial charge in [-0.05, 0) is 43.1 Å². The third-order valence-electron chi connectivity index (χ3n) is 11.2. The van der Waals surface area contributed by atoms with Crippen LogP contribution in [0.15, 0.2) is 30.3 Å². The van der Waals surface area contributed by atoms with Gasteiger partial charge in [0.25, 0.3) is 0 Å². The first-order valence-electron chi connectivity index (χ1n) is 25.4. The molecular weight excluding hydrogens is 983 g/mol. The molecule has 5 atom stereocenters. The van der Waals surface area contributed by atoms with E-state index in [0.717, 1.165) is 19.4 Å². The van der Waals surface area contributed by atoms with Gasteiger partial charge in [-0.1, -0.05) is 58.0 Å². The van der Waals surface area contributed by atoms with Gasteiger partial charge in [-0.15, -0.1) is 0 Å². The number of benzene rings is 1. The normalized spacial score (nSPS) is 17.7. The highest BCUT2D eigenvalue weighted by atomic mass is 16.7. The molecule has 0 aliphatic carbocycles. The number of carbonyl (C=O) groups excluding carboxylic acids is 9. The van der Waals surface area contributed by atoms with Gasteiger partial charge in [0.1, 0.15) is 30.9 Å². The lowest BCUT2D eigenvalue weighted by molar-refractivity contribution is -0.282. The van der Waals surface area contributed by atoms with Crippen molar-refractivity contribution in [2.24, 2.45) is 10.8 Å². The molecule has 1 aliphatic heterocycles. The van der Waals surface area contributed by atoms with Crippen LogP contribution in [0.4, 0.5) is 0 Å². The van der Waals surface area contributed by atoms with Crippen molar-refractivity contribution in [2.75, 3.05) is 72.5 Å². The fourth-order valence-electron chi connectivity index (χ4n) is 8.24. The second-order valence-electron chi connectivity index (χ2n) is 20.0. The van der Waals surface area contributed by atoms with Gasteiger partial charge in [-0.2, -0.15) is 0 Å². The number of nitrogens with one attached hydrogen (secondary N) is 5. The lowest BCUT2D eigenvalue weighted by Crippen LogP contribution is -2.66. The topological polar surface area (TPSA) is 297 Å². The predicted octanol–water partition coefficient (Wildman–Crippen LogP) is 2.48. The summed E-state index contributed by atoms with van der Waals surface area (Å²) in [5.41, 5.74) is -1.61. The second kappa shape index (κ2) is 34.0. The third-order valence-corrected chi connectivity index (χ3v) is 11.2. The van der Waals surface area contributed by atoms with Gasteiger partial charge in [0.15, 0.2) is 18.5 Å². The number of amides is 5. The zero-order valence-electron chi connectivity index (χ0n) is 45.6. The summed E-state index contributed by atoms with van der Waals surface area (Å²) >= 11 is 0. The van der Waals surface area contributed by atoms with Crippen LogP contribution >= 0.6 is 0 Å². The van der Waals surface area contributed by atoms with Gasteiger partial charge in [0.05, 0.1) is 46.2 Å². The van der Waals surface area contributed by atoms with Crippen LogP contribution in [0.3, 0.4) is 0 Å². The van der Waals surface area contributed by atoms with Crippen LogP contribution in [0.2, 0.25) is 0 Å². The van der Waals surface area contributed by atoms with E-state index in [1.54, 1.807) is 13.8 Å². The molecule has 0 spiro atoms. The summed E-state index contributed by atoms with van der Waals surface area (Å²) < 4.78 is 51.9. The zero-order chi connectivity index (χ0) is 56.0. The van der Waals surface area contributed by atoms with Crippen LogP contribution in [0, 0.1) is 10.8 Å². The van der Waals surface area contributed by atoms with Crippen molar-refractivity contribution in [3.05, 3.63) is 35.9 Å². The highest BCUT2D eigenvalue weighted by molar-refractivity contribution is 5.78. The maximum atomic E-state index is 13.5. The molecule has 1 aromatic carbocycles. The number of ether oxygens (including phenoxy) is 9. The van der Waals surface area contributed by atoms with E-state index < -0.39 is 82.7 Å². The molecule has 0 radical (unpaired) electrons. The highest BCUT2D eigenvalue weighted by Gasteiger charge is 2.52. The molecule has 2 rings (SSSR count). The summed E-state index contributed by atoms with van der Waals surface area (Å²) in [5.74, 6) is -4.29. The van der Waals surface area contributed by atoms with Crippen LogP contribution in [0.1, 0.15) is 120 Å². The number of hydrogen-bond acceptors (Lipinski definition) is 18. The van der Waals surface area contributed by atoms with E-state index in [2.05, 4.69) is 26.6 Å². The molecule has 23 nitrogen and oxygen atoms in total. The van der Waals surface area contributed by atoms with E-state index in [4.69, 9.17) is 42.6 Å². The Morgan fingerprint density at radius 1 is 0.600 bits per heavy atom. The number of carbonyl (C=O) groups is 9. The van der Waals surface area contributed by atoms with Crippen LogP contribution in [0.5, 0.6) is 0 Å². The molecular formula is C52H83N5O18. The fraction of sp³-hybridized carbons (Fsp3) is 0.712. The molecule has 5 unspecified atom stereocenters. The Bertz CT molecular complexity index is 1960. The van der Waals surface area contributed by atoms with Crippen LogP contribution in [-0.4, -0.2) is 162 Å². The van der Waals surface area contributed by atoms with E-state index in [-0.39, 0.29) is 122 Å². The van der Waals surface area contributed by atoms with Gasteiger partial charge in [-0.25, -0.2) is 0 Å². The molecule has 1 fully saturated rings. The van der Waals surface area contributed by atoms with Crippen molar-refractivity contribution in [2.45, 2.75) is 157 Å². The highest BCUT2D eigenvalue weighted by Crippen LogP contribution is 2.35. The van der Waals surface area contributed by atoms with Crippen molar-refractivity contribution in [3.8, 4) is 0 Å². The van der Waals surface area contributed by atoms with Crippen LogP contribution < -0.4 is 26.6 Å². The van der Waals surface area contributed by atoms with Crippen molar-refractivity contribution in [1.29, 1.82) is 0 Å². The Labute approximate surface area is 440 Å². The zero-order valence-corrected chi connectivity index (χ0v) is 45.6. The monoisotopic (exact) mass is 1070 g/mol. The average molecular weight is 1070 g/mol. The molecule has 1 aromatic rings. The molecule has 1 saturated heterocycles. The molecule has 424 valence electrons. The van der Waals surface area contributed by atoms with E-state index in [0.29, 0.717) is 19.5 Å². The second-order valence-corrected chi connectivity index (χ2v) is 20.0. The Hall–Kier alpha value is -5.75. The van der Waals surface area contributed by atoms with Gasteiger partial charge in [0.2, 0.25) is 29.5 Å². The summed E-state index contributed by atoms with van der Waals surface area (Å²) in [7, 11) is 0. The first-order chi connectivity index (χ1) is 35.4. The lowest BCUT2D eigenvalue weighted by atomic mass is 9.75. The van der Waals surface area contributed by atoms with Gasteiger partial charge in [0, 0.05) is 79.4 Å². The quantitative estimate of drug-likeness (QED) is 0.0366. The van der Waals surface area contributed by atoms with Gasteiger partial charge in [-0.3, -0.25) is 43.2 Å². The number of esters is 4. The number of hydrogen-bond donors (Lipinski definition) is 5. The summed E-state index contributed by atoms with van der Waals surface area (Å²) in [6.45, 7) is 16.4. The minimum absolute atomic E-state index is 0.00934. The number of rotatable bonds is 36. The average Bonchev–Trinajstić information content (AvgIpc) is 3.32. The van der Waals surface area contributed by atoms with E-state index in [9.17, 15) is 43.2 Å². The van der Waals surface area contributed by atoms with Crippen LogP contribution in [0.25, 0.3) is 0 Å². The van der Waals surface area contributed by atoms with E-state index in [1.807, 2.05) is 58.0 Å². The van der Waals surface area contributed by atoms with E-state index >= 15 is 0 Å². The standard InChI is InChI=1S/C52H83N5O18/c1-11-53-41(62)21-24-67-32-52(33-68-25-22-42(63)54-12-2,57-44(65)19-16-20-45(66)71-27-39-17-14-13-15-18-39)34-69-26-23-43(64)55-30-50(7,8)29-51(9,10)31-72-49-46(56-35(3)58)48(74-38(6)61)47(73-37(5)60)40(75-49)28-70-36(4)59/h13-15,17-18,40,46-49H,11-12,16,19-34H2,1-10H3,(H,53,62)(H,54,63)(H,55,64)(H,56,58)(H,57,65).